The van der Waals surface area contributed by atoms with Gasteiger partial charge in [-0.1, -0.05) is 23.7 Å². The number of benzene rings is 1. The predicted molar refractivity (Wildman–Crippen MR) is 74.0 cm³/mol. The molecule has 0 unspecified atom stereocenters. The van der Waals surface area contributed by atoms with Gasteiger partial charge in [0.25, 0.3) is 0 Å². The van der Waals surface area contributed by atoms with Gasteiger partial charge in [0.15, 0.2) is 0 Å². The third-order valence-corrected chi connectivity index (χ3v) is 2.91. The lowest BCUT2D eigenvalue weighted by Crippen LogP contribution is -2.06. The number of rotatable bonds is 2. The first-order chi connectivity index (χ1) is 9.77. The zero-order valence-corrected chi connectivity index (χ0v) is 11.6. The fourth-order valence-corrected chi connectivity index (χ4v) is 2.03. The maximum Gasteiger partial charge on any atom is 0.417 e. The van der Waals surface area contributed by atoms with Gasteiger partial charge in [0, 0.05) is 24.4 Å². The number of hydrogen-bond donors (Lipinski definition) is 1. The van der Waals surface area contributed by atoms with Crippen LogP contribution in [0.4, 0.5) is 18.9 Å². The van der Waals surface area contributed by atoms with Crippen LogP contribution in [-0.2, 0) is 11.0 Å². The lowest BCUT2D eigenvalue weighted by Gasteiger charge is -2.10. The molecule has 110 valence electrons. The molecule has 21 heavy (non-hydrogen) atoms. The van der Waals surface area contributed by atoms with E-state index in [9.17, 15) is 18.0 Å². The number of anilines is 1. The Kier molecular flexibility index (Phi) is 4.18. The van der Waals surface area contributed by atoms with Crippen LogP contribution >= 0.6 is 11.6 Å². The normalized spacial score (nSPS) is 11.3. The summed E-state index contributed by atoms with van der Waals surface area (Å²) in [6.07, 6.45) is -3.76. The largest absolute Gasteiger partial charge is 0.417 e. The first kappa shape index (κ1) is 15.3. The monoisotopic (exact) mass is 314 g/mol. The van der Waals surface area contributed by atoms with Crippen LogP contribution in [0.15, 0.2) is 36.5 Å². The molecule has 2 rings (SSSR count). The van der Waals surface area contributed by atoms with E-state index >= 15 is 0 Å². The summed E-state index contributed by atoms with van der Waals surface area (Å²) < 4.78 is 37.7. The number of halogens is 4. The molecule has 1 amide bonds. The number of carbonyl (C=O) groups is 1. The first-order valence-corrected chi connectivity index (χ1v) is 6.26. The number of hydrogen-bond acceptors (Lipinski definition) is 2. The number of alkyl halides is 3. The number of pyridine rings is 1. The molecule has 0 aliphatic carbocycles. The summed E-state index contributed by atoms with van der Waals surface area (Å²) in [5.74, 6) is -0.251. The highest BCUT2D eigenvalue weighted by atomic mass is 35.5. The second-order valence-corrected chi connectivity index (χ2v) is 4.72. The summed E-state index contributed by atoms with van der Waals surface area (Å²) in [6, 6.07) is 7.36. The average Bonchev–Trinajstić information content (AvgIpc) is 2.37. The van der Waals surface area contributed by atoms with Crippen LogP contribution in [-0.4, -0.2) is 10.9 Å². The van der Waals surface area contributed by atoms with Gasteiger partial charge in [0.1, 0.15) is 0 Å². The Morgan fingerprint density at radius 3 is 2.57 bits per heavy atom. The van der Waals surface area contributed by atoms with E-state index in [0.29, 0.717) is 11.3 Å². The van der Waals surface area contributed by atoms with Crippen molar-refractivity contribution in [2.24, 2.45) is 0 Å². The van der Waals surface area contributed by atoms with E-state index < -0.39 is 11.7 Å². The zero-order chi connectivity index (χ0) is 15.6. The van der Waals surface area contributed by atoms with Gasteiger partial charge >= 0.3 is 6.18 Å². The molecule has 0 aliphatic heterocycles. The Morgan fingerprint density at radius 1 is 1.29 bits per heavy atom. The van der Waals surface area contributed by atoms with E-state index in [2.05, 4.69) is 10.3 Å². The first-order valence-electron chi connectivity index (χ1n) is 5.88. The molecule has 7 heteroatoms. The van der Waals surface area contributed by atoms with Crippen molar-refractivity contribution < 1.29 is 18.0 Å². The van der Waals surface area contributed by atoms with Crippen molar-refractivity contribution in [1.29, 1.82) is 0 Å². The fraction of sp³-hybridized carbons (Fsp3) is 0.143. The Balaban J connectivity index is 2.41. The van der Waals surface area contributed by atoms with E-state index in [1.165, 1.54) is 6.92 Å². The fourth-order valence-electron chi connectivity index (χ4n) is 1.75. The number of aromatic nitrogens is 1. The molecule has 0 radical (unpaired) electrons. The molecule has 1 heterocycles. The van der Waals surface area contributed by atoms with Crippen LogP contribution in [0.3, 0.4) is 0 Å². The molecule has 0 saturated carbocycles. The van der Waals surface area contributed by atoms with Crippen molar-refractivity contribution in [3.63, 3.8) is 0 Å². The highest BCUT2D eigenvalue weighted by molar-refractivity contribution is 6.33. The molecule has 0 atom stereocenters. The minimum Gasteiger partial charge on any atom is -0.326 e. The van der Waals surface area contributed by atoms with Crippen LogP contribution < -0.4 is 5.32 Å². The number of amides is 1. The van der Waals surface area contributed by atoms with Crippen LogP contribution in [0.25, 0.3) is 11.3 Å². The molecule has 0 aliphatic rings. The summed E-state index contributed by atoms with van der Waals surface area (Å²) in [4.78, 5) is 14.8. The van der Waals surface area contributed by atoms with Gasteiger partial charge in [-0.3, -0.25) is 9.78 Å². The van der Waals surface area contributed by atoms with Crippen molar-refractivity contribution in [1.82, 2.24) is 4.98 Å². The van der Waals surface area contributed by atoms with Crippen molar-refractivity contribution in [3.8, 4) is 11.3 Å². The van der Waals surface area contributed by atoms with Crippen molar-refractivity contribution in [2.45, 2.75) is 13.1 Å². The van der Waals surface area contributed by atoms with Gasteiger partial charge < -0.3 is 5.32 Å². The summed E-state index contributed by atoms with van der Waals surface area (Å²) >= 11 is 5.88. The quantitative estimate of drug-likeness (QED) is 0.894. The SMILES string of the molecule is CC(=O)Nc1cccc(-c2ncc(C(F)(F)F)cc2Cl)c1. The van der Waals surface area contributed by atoms with E-state index in [0.717, 1.165) is 12.3 Å². The third kappa shape index (κ3) is 3.72. The number of nitrogens with one attached hydrogen (secondary N) is 1. The van der Waals surface area contributed by atoms with Gasteiger partial charge in [-0.15, -0.1) is 0 Å². The van der Waals surface area contributed by atoms with Gasteiger partial charge in [-0.25, -0.2) is 0 Å². The predicted octanol–water partition coefficient (Wildman–Crippen LogP) is 4.38. The maximum absolute atomic E-state index is 12.6. The van der Waals surface area contributed by atoms with Crippen LogP contribution in [0.5, 0.6) is 0 Å². The van der Waals surface area contributed by atoms with E-state index in [4.69, 9.17) is 11.6 Å². The molecular weight excluding hydrogens is 305 g/mol. The van der Waals surface area contributed by atoms with Gasteiger partial charge in [-0.05, 0) is 18.2 Å². The Hall–Kier alpha value is -2.08. The highest BCUT2D eigenvalue weighted by Gasteiger charge is 2.31. The van der Waals surface area contributed by atoms with Crippen molar-refractivity contribution >= 4 is 23.2 Å². The van der Waals surface area contributed by atoms with E-state index in [1.54, 1.807) is 24.3 Å². The number of carbonyl (C=O) groups excluding carboxylic acids is 1. The Labute approximate surface area is 123 Å². The zero-order valence-electron chi connectivity index (χ0n) is 10.8. The second kappa shape index (κ2) is 5.73. The van der Waals surface area contributed by atoms with Crippen molar-refractivity contribution in [2.75, 3.05) is 5.32 Å². The lowest BCUT2D eigenvalue weighted by molar-refractivity contribution is -0.137. The summed E-state index contributed by atoms with van der Waals surface area (Å²) in [5.41, 5.74) is 0.337. The summed E-state index contributed by atoms with van der Waals surface area (Å²) in [5, 5.41) is 2.47. The maximum atomic E-state index is 12.6. The topological polar surface area (TPSA) is 42.0 Å². The van der Waals surface area contributed by atoms with Crippen LogP contribution in [0.2, 0.25) is 5.02 Å². The summed E-state index contributed by atoms with van der Waals surface area (Å²) in [7, 11) is 0. The van der Waals surface area contributed by atoms with Gasteiger partial charge in [-0.2, -0.15) is 13.2 Å². The second-order valence-electron chi connectivity index (χ2n) is 4.31. The van der Waals surface area contributed by atoms with Gasteiger partial charge in [0.2, 0.25) is 5.91 Å². The molecule has 1 aromatic carbocycles. The van der Waals surface area contributed by atoms with Crippen molar-refractivity contribution in [3.05, 3.63) is 47.1 Å². The van der Waals surface area contributed by atoms with Gasteiger partial charge in [0.05, 0.1) is 16.3 Å². The highest BCUT2D eigenvalue weighted by Crippen LogP contribution is 2.34. The Bertz CT molecular complexity index is 686. The molecule has 1 aromatic heterocycles. The average molecular weight is 315 g/mol. The van der Waals surface area contributed by atoms with E-state index in [1.807, 2.05) is 0 Å². The minimum atomic E-state index is -4.49. The third-order valence-electron chi connectivity index (χ3n) is 2.62. The molecule has 0 spiro atoms. The molecular formula is C14H10ClF3N2O. The number of nitrogens with zero attached hydrogens (tertiary/aromatic N) is 1. The Morgan fingerprint density at radius 2 is 2.00 bits per heavy atom. The smallest absolute Gasteiger partial charge is 0.326 e. The molecule has 2 aromatic rings. The molecule has 0 fully saturated rings. The summed E-state index contributed by atoms with van der Waals surface area (Å²) in [6.45, 7) is 1.36. The molecule has 0 saturated heterocycles. The molecule has 3 nitrogen and oxygen atoms in total. The van der Waals surface area contributed by atoms with Crippen LogP contribution in [0, 0.1) is 0 Å². The van der Waals surface area contributed by atoms with E-state index in [-0.39, 0.29) is 16.6 Å². The minimum absolute atomic E-state index is 0.107. The molecule has 1 N–H and O–H groups in total. The molecule has 0 bridgehead atoms. The van der Waals surface area contributed by atoms with Crippen LogP contribution in [0.1, 0.15) is 12.5 Å². The standard InChI is InChI=1S/C14H10ClF3N2O/c1-8(21)20-11-4-2-3-9(5-11)13-12(15)6-10(7-19-13)14(16,17)18/h2-7H,1H3,(H,20,21). The lowest BCUT2D eigenvalue weighted by atomic mass is 10.1.